The number of esters is 1. The number of morpholine rings is 1. The Morgan fingerprint density at radius 1 is 1.19 bits per heavy atom. The quantitative estimate of drug-likeness (QED) is 0.346. The van der Waals surface area contributed by atoms with Gasteiger partial charge in [0.1, 0.15) is 16.5 Å². The van der Waals surface area contributed by atoms with Crippen molar-refractivity contribution in [3.8, 4) is 0 Å². The summed E-state index contributed by atoms with van der Waals surface area (Å²) >= 11 is 1.17. The van der Waals surface area contributed by atoms with Crippen molar-refractivity contribution < 1.29 is 22.7 Å². The Kier molecular flexibility index (Phi) is 7.98. The van der Waals surface area contributed by atoms with Crippen molar-refractivity contribution in [3.05, 3.63) is 46.5 Å². The van der Waals surface area contributed by atoms with Crippen LogP contribution in [-0.4, -0.2) is 62.2 Å². The summed E-state index contributed by atoms with van der Waals surface area (Å²) in [5.74, 6) is 1.17. The van der Waals surface area contributed by atoms with Crippen LogP contribution in [0.3, 0.4) is 0 Å². The Hall–Kier alpha value is -3.33. The lowest BCUT2D eigenvalue weighted by Crippen LogP contribution is -2.36. The number of carbonyl (C=O) groups is 1. The summed E-state index contributed by atoms with van der Waals surface area (Å²) in [5.41, 5.74) is 1.41. The summed E-state index contributed by atoms with van der Waals surface area (Å²) in [7, 11) is -3.75. The fourth-order valence-corrected chi connectivity index (χ4v) is 4.83. The fraction of sp³-hybridized carbons (Fsp3) is 0.364. The number of nitrogens with zero attached hydrogens (tertiary/aromatic N) is 4. The predicted molar refractivity (Wildman–Crippen MR) is 136 cm³/mol. The summed E-state index contributed by atoms with van der Waals surface area (Å²) < 4.78 is 33.5. The van der Waals surface area contributed by atoms with E-state index in [2.05, 4.69) is 30.5 Å². The fourth-order valence-electron chi connectivity index (χ4n) is 3.46. The van der Waals surface area contributed by atoms with E-state index >= 15 is 0 Å². The average Bonchev–Trinajstić information content (AvgIpc) is 3.23. The van der Waals surface area contributed by atoms with Crippen molar-refractivity contribution >= 4 is 50.0 Å². The van der Waals surface area contributed by atoms with Crippen LogP contribution in [0.4, 0.5) is 22.7 Å². The number of aromatic nitrogens is 3. The summed E-state index contributed by atoms with van der Waals surface area (Å²) in [5, 5.41) is 12.0. The zero-order chi connectivity index (χ0) is 25.7. The molecule has 4 rings (SSSR count). The number of hydrogen-bond acceptors (Lipinski definition) is 12. The molecule has 1 aliphatic heterocycles. The molecule has 3 aromatic rings. The van der Waals surface area contributed by atoms with E-state index in [1.807, 2.05) is 6.07 Å². The molecule has 36 heavy (non-hydrogen) atoms. The third-order valence-electron chi connectivity index (χ3n) is 5.25. The van der Waals surface area contributed by atoms with Gasteiger partial charge in [-0.2, -0.15) is 9.97 Å². The molecule has 0 bridgehead atoms. The monoisotopic (exact) mass is 533 g/mol. The van der Waals surface area contributed by atoms with E-state index in [1.54, 1.807) is 26.0 Å². The molecule has 0 saturated carbocycles. The Labute approximate surface area is 212 Å². The highest BCUT2D eigenvalue weighted by molar-refractivity contribution is 7.89. The molecule has 0 amide bonds. The minimum atomic E-state index is -3.75. The first-order chi connectivity index (χ1) is 17.2. The molecule has 0 atom stereocenters. The number of nitrogens with two attached hydrogens (primary N) is 1. The first-order valence-electron chi connectivity index (χ1n) is 11.2. The number of sulfonamides is 1. The molecule has 0 aliphatic carbocycles. The van der Waals surface area contributed by atoms with Crippen molar-refractivity contribution in [2.75, 3.05) is 48.4 Å². The topological polar surface area (TPSA) is 162 Å². The second-order valence-electron chi connectivity index (χ2n) is 7.86. The molecule has 2 aromatic heterocycles. The van der Waals surface area contributed by atoms with Gasteiger partial charge in [-0.1, -0.05) is 23.5 Å². The van der Waals surface area contributed by atoms with Crippen LogP contribution < -0.4 is 20.7 Å². The van der Waals surface area contributed by atoms with Crippen molar-refractivity contribution in [2.45, 2.75) is 25.3 Å². The van der Waals surface area contributed by atoms with Crippen molar-refractivity contribution in [1.82, 2.24) is 15.0 Å². The van der Waals surface area contributed by atoms with Gasteiger partial charge in [-0.3, -0.25) is 5.32 Å². The number of ether oxygens (including phenoxy) is 2. The smallest absolute Gasteiger partial charge is 0.350 e. The highest BCUT2D eigenvalue weighted by Crippen LogP contribution is 2.27. The number of benzene rings is 1. The number of carbonyl (C=O) groups excluding carboxylic acids is 1. The molecule has 3 heterocycles. The minimum Gasteiger partial charge on any atom is -0.462 e. The molecule has 14 heteroatoms. The van der Waals surface area contributed by atoms with E-state index in [0.717, 1.165) is 5.56 Å². The van der Waals surface area contributed by atoms with E-state index in [0.29, 0.717) is 66.1 Å². The Morgan fingerprint density at radius 3 is 2.58 bits per heavy atom. The lowest BCUT2D eigenvalue weighted by Gasteiger charge is -2.28. The highest BCUT2D eigenvalue weighted by Gasteiger charge is 2.19. The minimum absolute atomic E-state index is 0.0512. The van der Waals surface area contributed by atoms with Gasteiger partial charge in [0.05, 0.1) is 30.4 Å². The molecule has 4 N–H and O–H groups in total. The number of thiazole rings is 1. The lowest BCUT2D eigenvalue weighted by atomic mass is 10.2. The molecule has 1 saturated heterocycles. The van der Waals surface area contributed by atoms with Crippen molar-refractivity contribution in [3.63, 3.8) is 0 Å². The Balaban J connectivity index is 1.56. The Morgan fingerprint density at radius 2 is 1.92 bits per heavy atom. The van der Waals surface area contributed by atoms with E-state index in [1.165, 1.54) is 23.5 Å². The van der Waals surface area contributed by atoms with Crippen LogP contribution in [0.25, 0.3) is 0 Å². The van der Waals surface area contributed by atoms with Gasteiger partial charge in [0, 0.05) is 25.7 Å². The van der Waals surface area contributed by atoms with E-state index in [9.17, 15) is 13.2 Å². The number of anilines is 4. The third-order valence-corrected chi connectivity index (χ3v) is 7.23. The van der Waals surface area contributed by atoms with Crippen LogP contribution in [0.15, 0.2) is 35.2 Å². The van der Waals surface area contributed by atoms with Crippen LogP contribution in [0.1, 0.15) is 27.9 Å². The molecule has 192 valence electrons. The average molecular weight is 534 g/mol. The van der Waals surface area contributed by atoms with Crippen LogP contribution in [-0.2, 0) is 26.0 Å². The number of aryl methyl sites for hydroxylation is 1. The van der Waals surface area contributed by atoms with Gasteiger partial charge >= 0.3 is 5.97 Å². The maximum absolute atomic E-state index is 12.2. The van der Waals surface area contributed by atoms with Crippen molar-refractivity contribution in [1.29, 1.82) is 0 Å². The van der Waals surface area contributed by atoms with Crippen LogP contribution in [0.5, 0.6) is 0 Å². The predicted octanol–water partition coefficient (Wildman–Crippen LogP) is 2.26. The van der Waals surface area contributed by atoms with Crippen LogP contribution >= 0.6 is 11.3 Å². The van der Waals surface area contributed by atoms with E-state index in [-0.39, 0.29) is 11.5 Å². The molecular weight excluding hydrogens is 506 g/mol. The van der Waals surface area contributed by atoms with Crippen LogP contribution in [0.2, 0.25) is 0 Å². The number of primary sulfonamides is 1. The molecule has 1 aliphatic rings. The van der Waals surface area contributed by atoms with Crippen molar-refractivity contribution in [2.24, 2.45) is 5.14 Å². The molecular formula is C22H27N7O5S2. The largest absolute Gasteiger partial charge is 0.462 e. The van der Waals surface area contributed by atoms with E-state index in [4.69, 9.17) is 14.6 Å². The second kappa shape index (κ2) is 11.2. The van der Waals surface area contributed by atoms with E-state index < -0.39 is 16.0 Å². The molecule has 0 spiro atoms. The molecule has 0 unspecified atom stereocenters. The SMILES string of the molecule is CCOC(=O)c1sc(Nc2nc(NCc3ccc(S(N)(=O)=O)cc3)cc(N3CCOCC3)n2)nc1C. The molecule has 1 fully saturated rings. The lowest BCUT2D eigenvalue weighted by molar-refractivity contribution is 0.0531. The maximum Gasteiger partial charge on any atom is 0.350 e. The summed E-state index contributed by atoms with van der Waals surface area (Å²) in [6.07, 6.45) is 0. The summed E-state index contributed by atoms with van der Waals surface area (Å²) in [6, 6.07) is 8.14. The zero-order valence-electron chi connectivity index (χ0n) is 19.9. The van der Waals surface area contributed by atoms with Gasteiger partial charge in [0.15, 0.2) is 5.13 Å². The van der Waals surface area contributed by atoms with Crippen LogP contribution in [0, 0.1) is 6.92 Å². The first kappa shape index (κ1) is 25.8. The third kappa shape index (κ3) is 6.46. The van der Waals surface area contributed by atoms with Gasteiger partial charge < -0.3 is 19.7 Å². The summed E-state index contributed by atoms with van der Waals surface area (Å²) in [4.78, 5) is 28.4. The zero-order valence-corrected chi connectivity index (χ0v) is 21.5. The molecule has 12 nitrogen and oxygen atoms in total. The van der Waals surface area contributed by atoms with Gasteiger partial charge in [-0.25, -0.2) is 23.3 Å². The van der Waals surface area contributed by atoms with Gasteiger partial charge in [0.25, 0.3) is 0 Å². The first-order valence-corrected chi connectivity index (χ1v) is 13.6. The molecule has 1 aromatic carbocycles. The summed E-state index contributed by atoms with van der Waals surface area (Å²) in [6.45, 7) is 6.74. The number of hydrogen-bond donors (Lipinski definition) is 3. The van der Waals surface area contributed by atoms with Gasteiger partial charge in [-0.05, 0) is 31.5 Å². The Bertz CT molecular complexity index is 1320. The standard InChI is InChI=1S/C22H27N7O5S2/c1-3-34-20(30)19-14(2)25-22(35-19)28-21-26-17(12-18(27-21)29-8-10-33-11-9-29)24-13-15-4-6-16(7-5-15)36(23,31)32/h4-7,12H,3,8-11,13H2,1-2H3,(H2,23,31,32)(H2,24,25,26,27,28). The number of rotatable bonds is 9. The number of nitrogens with one attached hydrogen (secondary N) is 2. The highest BCUT2D eigenvalue weighted by atomic mass is 32.2. The van der Waals surface area contributed by atoms with Gasteiger partial charge in [-0.15, -0.1) is 0 Å². The van der Waals surface area contributed by atoms with Gasteiger partial charge in [0.2, 0.25) is 16.0 Å². The maximum atomic E-state index is 12.2. The normalized spacial score (nSPS) is 13.9. The molecule has 0 radical (unpaired) electrons. The second-order valence-corrected chi connectivity index (χ2v) is 10.4.